The van der Waals surface area contributed by atoms with Gasteiger partial charge in [-0.25, -0.2) is 0 Å². The van der Waals surface area contributed by atoms with Crippen molar-refractivity contribution in [3.8, 4) is 0 Å². The molecule has 37 heavy (non-hydrogen) atoms. The summed E-state index contributed by atoms with van der Waals surface area (Å²) in [7, 11) is 0. The molecule has 5 atom stereocenters. The zero-order valence-corrected chi connectivity index (χ0v) is 21.8. The monoisotopic (exact) mass is 518 g/mol. The van der Waals surface area contributed by atoms with Gasteiger partial charge < -0.3 is 38.5 Å². The van der Waals surface area contributed by atoms with Crippen LogP contribution in [0.4, 0.5) is 0 Å². The summed E-state index contributed by atoms with van der Waals surface area (Å²) in [4.78, 5) is 56.3. The van der Waals surface area contributed by atoms with Crippen molar-refractivity contribution in [1.29, 1.82) is 0 Å². The molecule has 5 unspecified atom stereocenters. The Morgan fingerprint density at radius 2 is 1.76 bits per heavy atom. The van der Waals surface area contributed by atoms with E-state index in [4.69, 9.17) is 17.2 Å². The first-order valence-corrected chi connectivity index (χ1v) is 12.9. The zero-order valence-electron chi connectivity index (χ0n) is 21.8. The van der Waals surface area contributed by atoms with Crippen LogP contribution in [0.2, 0.25) is 0 Å². The number of amides is 4. The molecule has 1 aliphatic heterocycles. The van der Waals surface area contributed by atoms with Gasteiger partial charge in [0.15, 0.2) is 5.96 Å². The molecule has 2 aliphatic rings. The number of hydrogen-bond acceptors (Lipinski definition) is 6. The number of nitrogens with one attached hydrogen (secondary N) is 4. The summed E-state index contributed by atoms with van der Waals surface area (Å²) in [5.74, 6) is -2.04. The molecule has 0 aromatic heterocycles. The smallest absolute Gasteiger partial charge is 0.243 e. The van der Waals surface area contributed by atoms with E-state index in [1.165, 1.54) is 0 Å². The summed E-state index contributed by atoms with van der Waals surface area (Å²) in [6.45, 7) is 4.03. The lowest BCUT2D eigenvalue weighted by Gasteiger charge is -2.30. The Labute approximate surface area is 218 Å². The predicted octanol–water partition coefficient (Wildman–Crippen LogP) is -0.946. The lowest BCUT2D eigenvalue weighted by Crippen LogP contribution is -2.60. The molecule has 4 amide bonds. The van der Waals surface area contributed by atoms with Crippen molar-refractivity contribution in [2.75, 3.05) is 13.1 Å². The molecule has 2 rings (SSSR count). The Bertz CT molecular complexity index is 910. The Morgan fingerprint density at radius 3 is 2.41 bits per heavy atom. The molecule has 1 heterocycles. The van der Waals surface area contributed by atoms with Crippen molar-refractivity contribution >= 4 is 29.6 Å². The van der Waals surface area contributed by atoms with Gasteiger partial charge in [-0.05, 0) is 51.9 Å². The molecule has 12 heteroatoms. The number of aliphatic imine (C=N–C) groups is 1. The number of hydrogen-bond donors (Lipinski definition) is 7. The van der Waals surface area contributed by atoms with Crippen molar-refractivity contribution in [3.63, 3.8) is 0 Å². The second-order valence-corrected chi connectivity index (χ2v) is 9.81. The number of nitrogens with two attached hydrogens (primary N) is 3. The molecule has 1 aliphatic carbocycles. The summed E-state index contributed by atoms with van der Waals surface area (Å²) in [5, 5.41) is 11.2. The molecule has 0 saturated carbocycles. The molecule has 0 bridgehead atoms. The number of carbonyl (C=O) groups is 4. The first-order chi connectivity index (χ1) is 17.5. The van der Waals surface area contributed by atoms with Crippen LogP contribution >= 0.6 is 0 Å². The van der Waals surface area contributed by atoms with Crippen molar-refractivity contribution < 1.29 is 19.2 Å². The lowest BCUT2D eigenvalue weighted by atomic mass is 9.91. The van der Waals surface area contributed by atoms with E-state index >= 15 is 0 Å². The quantitative estimate of drug-likeness (QED) is 0.133. The van der Waals surface area contributed by atoms with Gasteiger partial charge in [0.05, 0.1) is 5.54 Å². The van der Waals surface area contributed by atoms with E-state index in [1.807, 2.05) is 24.3 Å². The number of nitrogens with zero attached hydrogens (tertiary/aromatic N) is 1. The van der Waals surface area contributed by atoms with Crippen molar-refractivity contribution in [3.05, 3.63) is 24.3 Å². The third-order valence-electron chi connectivity index (χ3n) is 6.57. The fourth-order valence-electron chi connectivity index (χ4n) is 4.24. The standard InChI is InChI=1S/C25H42N8O4/c1-3-17-20(34)33-19(16-10-5-4-6-11-16)22(36)29-14-8-7-13-25(2,28)23(37)32-18(21(35)31-17)12-9-15-30-24(26)27/h4-6,10,16-19H,3,7-9,11-15,28H2,1-2H3,(H,29,36)(H,31,35)(H,32,37)(H,33,34)(H4,26,27,30). The Balaban J connectivity index is 2.27. The van der Waals surface area contributed by atoms with Crippen LogP contribution in [-0.4, -0.2) is 66.3 Å². The van der Waals surface area contributed by atoms with Gasteiger partial charge in [0.2, 0.25) is 23.6 Å². The van der Waals surface area contributed by atoms with Crippen LogP contribution in [0.15, 0.2) is 29.3 Å². The van der Waals surface area contributed by atoms with Gasteiger partial charge in [-0.1, -0.05) is 31.2 Å². The van der Waals surface area contributed by atoms with Crippen LogP contribution < -0.4 is 38.5 Å². The summed E-state index contributed by atoms with van der Waals surface area (Å²) in [6, 6.07) is -2.63. The van der Waals surface area contributed by atoms with Crippen LogP contribution in [0.3, 0.4) is 0 Å². The summed E-state index contributed by atoms with van der Waals surface area (Å²) >= 11 is 0. The highest BCUT2D eigenvalue weighted by Gasteiger charge is 2.34. The van der Waals surface area contributed by atoms with Gasteiger partial charge >= 0.3 is 0 Å². The number of guanidine groups is 1. The minimum atomic E-state index is -1.22. The molecule has 0 aromatic rings. The first-order valence-electron chi connectivity index (χ1n) is 12.9. The van der Waals surface area contributed by atoms with Crippen LogP contribution in [0.25, 0.3) is 0 Å². The Morgan fingerprint density at radius 1 is 1.03 bits per heavy atom. The maximum Gasteiger partial charge on any atom is 0.243 e. The number of rotatable bonds is 6. The molecule has 0 spiro atoms. The molecule has 0 aromatic carbocycles. The van der Waals surface area contributed by atoms with E-state index in [2.05, 4.69) is 26.3 Å². The fraction of sp³-hybridized carbons (Fsp3) is 0.640. The molecule has 1 fully saturated rings. The topological polar surface area (TPSA) is 207 Å². The summed E-state index contributed by atoms with van der Waals surface area (Å²) in [6.07, 6.45) is 10.7. The molecule has 12 nitrogen and oxygen atoms in total. The molecule has 0 radical (unpaired) electrons. The minimum absolute atomic E-state index is 0.0642. The maximum atomic E-state index is 13.2. The largest absolute Gasteiger partial charge is 0.370 e. The molecular weight excluding hydrogens is 476 g/mol. The molecule has 1 saturated heterocycles. The van der Waals surface area contributed by atoms with E-state index in [-0.39, 0.29) is 37.2 Å². The van der Waals surface area contributed by atoms with E-state index in [0.29, 0.717) is 38.6 Å². The van der Waals surface area contributed by atoms with E-state index < -0.39 is 41.4 Å². The predicted molar refractivity (Wildman–Crippen MR) is 142 cm³/mol. The van der Waals surface area contributed by atoms with Crippen molar-refractivity contribution in [1.82, 2.24) is 21.3 Å². The second kappa shape index (κ2) is 14.4. The van der Waals surface area contributed by atoms with Crippen LogP contribution in [0.5, 0.6) is 0 Å². The SMILES string of the molecule is CCC1NC(=O)C(CCCN=C(N)N)NC(=O)C(C)(N)CCCCNC(=O)C(C2C=CC=CC2)NC1=O. The van der Waals surface area contributed by atoms with Crippen LogP contribution in [0.1, 0.15) is 58.8 Å². The van der Waals surface area contributed by atoms with E-state index in [1.54, 1.807) is 13.8 Å². The van der Waals surface area contributed by atoms with E-state index in [9.17, 15) is 19.2 Å². The van der Waals surface area contributed by atoms with Gasteiger partial charge in [-0.3, -0.25) is 24.2 Å². The Hall–Kier alpha value is -3.41. The van der Waals surface area contributed by atoms with Gasteiger partial charge in [0.1, 0.15) is 18.1 Å². The lowest BCUT2D eigenvalue weighted by molar-refractivity contribution is -0.135. The zero-order chi connectivity index (χ0) is 27.4. The average Bonchev–Trinajstić information content (AvgIpc) is 2.86. The highest BCUT2D eigenvalue weighted by molar-refractivity contribution is 5.95. The van der Waals surface area contributed by atoms with Gasteiger partial charge in [0.25, 0.3) is 0 Å². The van der Waals surface area contributed by atoms with Gasteiger partial charge in [0, 0.05) is 19.0 Å². The van der Waals surface area contributed by atoms with Crippen LogP contribution in [0, 0.1) is 5.92 Å². The molecular formula is C25H42N8O4. The maximum absolute atomic E-state index is 13.2. The second-order valence-electron chi connectivity index (χ2n) is 9.81. The minimum Gasteiger partial charge on any atom is -0.370 e. The average molecular weight is 519 g/mol. The highest BCUT2D eigenvalue weighted by atomic mass is 16.2. The highest BCUT2D eigenvalue weighted by Crippen LogP contribution is 2.18. The van der Waals surface area contributed by atoms with Gasteiger partial charge in [-0.15, -0.1) is 0 Å². The third-order valence-corrected chi connectivity index (χ3v) is 6.57. The summed E-state index contributed by atoms with van der Waals surface area (Å²) < 4.78 is 0. The van der Waals surface area contributed by atoms with Gasteiger partial charge in [-0.2, -0.15) is 0 Å². The van der Waals surface area contributed by atoms with Crippen molar-refractivity contribution in [2.45, 2.75) is 82.5 Å². The van der Waals surface area contributed by atoms with Crippen LogP contribution in [-0.2, 0) is 19.2 Å². The normalized spacial score (nSPS) is 30.0. The molecule has 10 N–H and O–H groups in total. The third kappa shape index (κ3) is 9.52. The summed E-state index contributed by atoms with van der Waals surface area (Å²) in [5.41, 5.74) is 15.8. The van der Waals surface area contributed by atoms with Crippen molar-refractivity contribution in [2.24, 2.45) is 28.1 Å². The first kappa shape index (κ1) is 29.8. The fourth-order valence-corrected chi connectivity index (χ4v) is 4.24. The number of allylic oxidation sites excluding steroid dienone is 3. The Kier molecular flexibility index (Phi) is 11.6. The molecule has 206 valence electrons. The van der Waals surface area contributed by atoms with E-state index in [0.717, 1.165) is 0 Å². The number of carbonyl (C=O) groups excluding carboxylic acids is 4.